The number of ether oxygens (including phenoxy) is 2. The topological polar surface area (TPSA) is 96.4 Å². The molecular formula is C22H21ClFN5O4S. The fourth-order valence-corrected chi connectivity index (χ4v) is 5.25. The van der Waals surface area contributed by atoms with E-state index < -0.39 is 17.8 Å². The van der Waals surface area contributed by atoms with E-state index in [-0.39, 0.29) is 22.7 Å². The van der Waals surface area contributed by atoms with E-state index in [0.29, 0.717) is 54.9 Å². The summed E-state index contributed by atoms with van der Waals surface area (Å²) in [5.41, 5.74) is 1.37. The molecule has 1 amide bonds. The van der Waals surface area contributed by atoms with Crippen molar-refractivity contribution in [3.05, 3.63) is 62.5 Å². The molecule has 0 unspecified atom stereocenters. The van der Waals surface area contributed by atoms with Gasteiger partial charge in [0.2, 0.25) is 0 Å². The highest BCUT2D eigenvalue weighted by Gasteiger charge is 2.39. The standard InChI is InChI=1S/C22H21ClFN5O4S/c1-32-21(30)17-16(10-28-5-6-29-13(9-28)11-33-22(29)31)26-19(20-25-4-7-34-20)27-18(17)14-3-2-12(24)8-15(14)23/h2-4,7-8,13,18H,5-6,9-11H2,1H3,(H,26,27)/t13-,18-/m0/s1. The number of piperazine rings is 1. The van der Waals surface area contributed by atoms with E-state index in [4.69, 9.17) is 26.1 Å². The summed E-state index contributed by atoms with van der Waals surface area (Å²) in [7, 11) is 1.30. The molecule has 4 heterocycles. The second-order valence-corrected chi connectivity index (χ2v) is 9.35. The molecule has 1 aromatic carbocycles. The summed E-state index contributed by atoms with van der Waals surface area (Å²) in [6.07, 6.45) is 1.37. The monoisotopic (exact) mass is 505 g/mol. The molecule has 2 aromatic rings. The van der Waals surface area contributed by atoms with Crippen LogP contribution in [0, 0.1) is 5.82 Å². The van der Waals surface area contributed by atoms with E-state index in [1.54, 1.807) is 11.1 Å². The molecule has 2 atom stereocenters. The van der Waals surface area contributed by atoms with E-state index in [9.17, 15) is 14.0 Å². The van der Waals surface area contributed by atoms with Crippen LogP contribution in [0.25, 0.3) is 0 Å². The average Bonchev–Trinajstić information content (AvgIpc) is 3.49. The van der Waals surface area contributed by atoms with Crippen molar-refractivity contribution >= 4 is 40.8 Å². The Kier molecular flexibility index (Phi) is 6.24. The number of amidine groups is 1. The number of aromatic nitrogens is 1. The van der Waals surface area contributed by atoms with Gasteiger partial charge in [-0.1, -0.05) is 17.7 Å². The van der Waals surface area contributed by atoms with E-state index in [1.807, 2.05) is 5.38 Å². The first-order chi connectivity index (χ1) is 16.4. The summed E-state index contributed by atoms with van der Waals surface area (Å²) in [5.74, 6) is -0.560. The quantitative estimate of drug-likeness (QED) is 0.624. The first kappa shape index (κ1) is 22.8. The highest BCUT2D eigenvalue weighted by molar-refractivity contribution is 7.11. The molecule has 0 spiro atoms. The number of rotatable bonds is 5. The molecule has 0 aliphatic carbocycles. The van der Waals surface area contributed by atoms with Crippen LogP contribution in [0.3, 0.4) is 0 Å². The van der Waals surface area contributed by atoms with Crippen LogP contribution in [0.15, 0.2) is 46.0 Å². The van der Waals surface area contributed by atoms with Crippen molar-refractivity contribution < 1.29 is 23.5 Å². The third kappa shape index (κ3) is 4.26. The molecule has 1 N–H and O–H groups in total. The minimum atomic E-state index is -0.812. The molecule has 0 bridgehead atoms. The molecular weight excluding hydrogens is 485 g/mol. The Morgan fingerprint density at radius 3 is 3.00 bits per heavy atom. The van der Waals surface area contributed by atoms with Gasteiger partial charge in [0, 0.05) is 54.0 Å². The normalized spacial score (nSPS) is 22.7. The van der Waals surface area contributed by atoms with E-state index in [2.05, 4.69) is 15.2 Å². The first-order valence-electron chi connectivity index (χ1n) is 10.6. The van der Waals surface area contributed by atoms with Gasteiger partial charge in [0.25, 0.3) is 0 Å². The number of carbonyl (C=O) groups is 2. The van der Waals surface area contributed by atoms with Crippen LogP contribution < -0.4 is 5.32 Å². The predicted octanol–water partition coefficient (Wildman–Crippen LogP) is 2.59. The van der Waals surface area contributed by atoms with Gasteiger partial charge in [0.1, 0.15) is 18.5 Å². The molecule has 2 fully saturated rings. The largest absolute Gasteiger partial charge is 0.466 e. The van der Waals surface area contributed by atoms with Crippen molar-refractivity contribution in [2.75, 3.05) is 39.9 Å². The van der Waals surface area contributed by atoms with Gasteiger partial charge in [-0.25, -0.2) is 19.0 Å². The van der Waals surface area contributed by atoms with E-state index in [1.165, 1.54) is 36.6 Å². The SMILES string of the molecule is COC(=O)C1=C(CN2CCN3C(=O)OC[C@@H]3C2)NC(c2nccs2)=N[C@H]1c1ccc(F)cc1Cl. The second-order valence-electron chi connectivity index (χ2n) is 8.05. The molecule has 3 aliphatic rings. The van der Waals surface area contributed by atoms with Crippen LogP contribution in [0.2, 0.25) is 5.02 Å². The molecule has 0 saturated carbocycles. The lowest BCUT2D eigenvalue weighted by atomic mass is 9.95. The van der Waals surface area contributed by atoms with Crippen LogP contribution in [0.5, 0.6) is 0 Å². The third-order valence-corrected chi connectivity index (χ3v) is 7.11. The lowest BCUT2D eigenvalue weighted by Crippen LogP contribution is -2.53. The van der Waals surface area contributed by atoms with Crippen LogP contribution in [-0.2, 0) is 14.3 Å². The van der Waals surface area contributed by atoms with E-state index >= 15 is 0 Å². The number of benzene rings is 1. The molecule has 34 heavy (non-hydrogen) atoms. The molecule has 5 rings (SSSR count). The van der Waals surface area contributed by atoms with Gasteiger partial charge in [-0.2, -0.15) is 0 Å². The van der Waals surface area contributed by atoms with Gasteiger partial charge in [0.15, 0.2) is 10.8 Å². The minimum Gasteiger partial charge on any atom is -0.466 e. The fraction of sp³-hybridized carbons (Fsp3) is 0.364. The maximum atomic E-state index is 13.8. The number of thiazole rings is 1. The lowest BCUT2D eigenvalue weighted by molar-refractivity contribution is -0.136. The van der Waals surface area contributed by atoms with Gasteiger partial charge >= 0.3 is 12.1 Å². The number of methoxy groups -OCH3 is 1. The van der Waals surface area contributed by atoms with Crippen molar-refractivity contribution in [1.82, 2.24) is 20.1 Å². The highest BCUT2D eigenvalue weighted by atomic mass is 35.5. The van der Waals surface area contributed by atoms with Gasteiger partial charge in [-0.15, -0.1) is 11.3 Å². The van der Waals surface area contributed by atoms with Crippen LogP contribution in [0.4, 0.5) is 9.18 Å². The summed E-state index contributed by atoms with van der Waals surface area (Å²) in [5, 5.41) is 5.90. The van der Waals surface area contributed by atoms with Crippen molar-refractivity contribution in [3.8, 4) is 0 Å². The first-order valence-corrected chi connectivity index (χ1v) is 11.9. The van der Waals surface area contributed by atoms with Crippen molar-refractivity contribution in [2.45, 2.75) is 12.1 Å². The van der Waals surface area contributed by atoms with Crippen LogP contribution >= 0.6 is 22.9 Å². The molecule has 12 heteroatoms. The molecule has 178 valence electrons. The number of halogens is 2. The molecule has 9 nitrogen and oxygen atoms in total. The third-order valence-electron chi connectivity index (χ3n) is 6.01. The lowest BCUT2D eigenvalue weighted by Gasteiger charge is -2.37. The smallest absolute Gasteiger partial charge is 0.410 e. The Labute approximate surface area is 203 Å². The Balaban J connectivity index is 1.54. The number of fused-ring (bicyclic) bond motifs is 1. The number of esters is 1. The minimum absolute atomic E-state index is 0.0403. The second kappa shape index (κ2) is 9.32. The number of hydrogen-bond donors (Lipinski definition) is 1. The molecule has 2 saturated heterocycles. The summed E-state index contributed by atoms with van der Waals surface area (Å²) in [4.78, 5) is 37.8. The van der Waals surface area contributed by atoms with Gasteiger partial charge < -0.3 is 14.8 Å². The average molecular weight is 506 g/mol. The molecule has 3 aliphatic heterocycles. The maximum absolute atomic E-state index is 13.8. The van der Waals surface area contributed by atoms with Crippen molar-refractivity contribution in [3.63, 3.8) is 0 Å². The number of hydrogen-bond acceptors (Lipinski definition) is 9. The fourth-order valence-electron chi connectivity index (χ4n) is 4.39. The Morgan fingerprint density at radius 1 is 1.41 bits per heavy atom. The summed E-state index contributed by atoms with van der Waals surface area (Å²) >= 11 is 7.78. The molecule has 0 radical (unpaired) electrons. The Bertz CT molecular complexity index is 1190. The number of carbonyl (C=O) groups excluding carboxylic acids is 2. The number of aliphatic imine (C=N–C) groups is 1. The highest BCUT2D eigenvalue weighted by Crippen LogP contribution is 2.37. The van der Waals surface area contributed by atoms with Gasteiger partial charge in [-0.3, -0.25) is 14.8 Å². The summed E-state index contributed by atoms with van der Waals surface area (Å²) in [6.45, 7) is 2.45. The molecule has 1 aromatic heterocycles. The van der Waals surface area contributed by atoms with Crippen molar-refractivity contribution in [1.29, 1.82) is 0 Å². The maximum Gasteiger partial charge on any atom is 0.410 e. The zero-order valence-electron chi connectivity index (χ0n) is 18.2. The number of amides is 1. The van der Waals surface area contributed by atoms with Crippen LogP contribution in [-0.4, -0.2) is 78.6 Å². The summed E-state index contributed by atoms with van der Waals surface area (Å²) < 4.78 is 24.0. The number of nitrogens with zero attached hydrogens (tertiary/aromatic N) is 4. The van der Waals surface area contributed by atoms with Gasteiger partial charge in [0.05, 0.1) is 18.7 Å². The van der Waals surface area contributed by atoms with Crippen LogP contribution in [0.1, 0.15) is 16.6 Å². The Morgan fingerprint density at radius 2 is 2.26 bits per heavy atom. The zero-order valence-corrected chi connectivity index (χ0v) is 19.7. The number of cyclic esters (lactones) is 1. The number of nitrogens with one attached hydrogen (secondary N) is 1. The zero-order chi connectivity index (χ0) is 23.8. The van der Waals surface area contributed by atoms with E-state index in [0.717, 1.165) is 0 Å². The predicted molar refractivity (Wildman–Crippen MR) is 123 cm³/mol. The summed E-state index contributed by atoms with van der Waals surface area (Å²) in [6, 6.07) is 3.15. The van der Waals surface area contributed by atoms with Crippen molar-refractivity contribution in [2.24, 2.45) is 4.99 Å². The Hall–Kier alpha value is -3.02. The van der Waals surface area contributed by atoms with Gasteiger partial charge in [-0.05, 0) is 12.1 Å².